The van der Waals surface area contributed by atoms with Crippen molar-refractivity contribution in [1.29, 1.82) is 0 Å². The quantitative estimate of drug-likeness (QED) is 0.713. The van der Waals surface area contributed by atoms with E-state index in [1.54, 1.807) is 0 Å². The largest absolute Gasteiger partial charge is 0.381 e. The first kappa shape index (κ1) is 15.4. The molecule has 0 aliphatic carbocycles. The van der Waals surface area contributed by atoms with E-state index in [2.05, 4.69) is 72.3 Å². The standard InChI is InChI=1S/C17H19BrClN/c1-17(2,3)13-6-4-5-7-16(13)20-11-12-8-9-14(18)15(19)10-12/h4-10,20H,11H2,1-3H3. The van der Waals surface area contributed by atoms with Gasteiger partial charge in [-0.2, -0.15) is 0 Å². The Kier molecular flexibility index (Phi) is 4.77. The molecule has 0 atom stereocenters. The second-order valence-corrected chi connectivity index (χ2v) is 7.16. The van der Waals surface area contributed by atoms with Crippen LogP contribution in [0.15, 0.2) is 46.9 Å². The molecule has 0 saturated carbocycles. The van der Waals surface area contributed by atoms with Gasteiger partial charge in [0.2, 0.25) is 0 Å². The van der Waals surface area contributed by atoms with Gasteiger partial charge in [-0.05, 0) is 50.7 Å². The van der Waals surface area contributed by atoms with E-state index in [1.165, 1.54) is 16.8 Å². The fourth-order valence-corrected chi connectivity index (χ4v) is 2.59. The first-order valence-electron chi connectivity index (χ1n) is 6.65. The Hall–Kier alpha value is -0.990. The normalized spacial score (nSPS) is 11.4. The summed E-state index contributed by atoms with van der Waals surface area (Å²) in [4.78, 5) is 0. The zero-order chi connectivity index (χ0) is 14.8. The first-order valence-corrected chi connectivity index (χ1v) is 7.82. The number of halogens is 2. The average molecular weight is 353 g/mol. The Labute approximate surface area is 134 Å². The second-order valence-electron chi connectivity index (χ2n) is 5.90. The van der Waals surface area contributed by atoms with Gasteiger partial charge < -0.3 is 5.32 Å². The van der Waals surface area contributed by atoms with Crippen LogP contribution in [0.4, 0.5) is 5.69 Å². The summed E-state index contributed by atoms with van der Waals surface area (Å²) in [6.45, 7) is 7.44. The third kappa shape index (κ3) is 3.77. The van der Waals surface area contributed by atoms with Gasteiger partial charge in [-0.25, -0.2) is 0 Å². The monoisotopic (exact) mass is 351 g/mol. The van der Waals surface area contributed by atoms with Gasteiger partial charge in [0.1, 0.15) is 0 Å². The van der Waals surface area contributed by atoms with Crippen molar-refractivity contribution in [2.24, 2.45) is 0 Å². The maximum absolute atomic E-state index is 6.12. The molecule has 20 heavy (non-hydrogen) atoms. The number of hydrogen-bond acceptors (Lipinski definition) is 1. The summed E-state index contributed by atoms with van der Waals surface area (Å²) >= 11 is 9.54. The summed E-state index contributed by atoms with van der Waals surface area (Å²) in [6.07, 6.45) is 0. The maximum Gasteiger partial charge on any atom is 0.0551 e. The van der Waals surface area contributed by atoms with Crippen LogP contribution in [0.5, 0.6) is 0 Å². The summed E-state index contributed by atoms with van der Waals surface area (Å²) in [5.41, 5.74) is 3.80. The van der Waals surface area contributed by atoms with Crippen molar-refractivity contribution in [3.05, 3.63) is 63.1 Å². The van der Waals surface area contributed by atoms with Gasteiger partial charge in [0.05, 0.1) is 5.02 Å². The van der Waals surface area contributed by atoms with Crippen LogP contribution in [-0.2, 0) is 12.0 Å². The summed E-state index contributed by atoms with van der Waals surface area (Å²) in [7, 11) is 0. The predicted molar refractivity (Wildman–Crippen MR) is 91.6 cm³/mol. The van der Waals surface area contributed by atoms with Crippen LogP contribution >= 0.6 is 27.5 Å². The molecule has 0 spiro atoms. The molecule has 0 aliphatic rings. The number of hydrogen-bond donors (Lipinski definition) is 1. The van der Waals surface area contributed by atoms with Gasteiger partial charge in [-0.1, -0.05) is 56.6 Å². The van der Waals surface area contributed by atoms with Crippen LogP contribution in [0.1, 0.15) is 31.9 Å². The SMILES string of the molecule is CC(C)(C)c1ccccc1NCc1ccc(Br)c(Cl)c1. The lowest BCUT2D eigenvalue weighted by molar-refractivity contribution is 0.591. The molecule has 0 bridgehead atoms. The fourth-order valence-electron chi connectivity index (χ4n) is 2.14. The van der Waals surface area contributed by atoms with Crippen LogP contribution in [0.2, 0.25) is 5.02 Å². The maximum atomic E-state index is 6.12. The zero-order valence-electron chi connectivity index (χ0n) is 12.0. The molecule has 0 aromatic heterocycles. The van der Waals surface area contributed by atoms with Gasteiger partial charge in [0, 0.05) is 16.7 Å². The molecule has 2 rings (SSSR count). The smallest absolute Gasteiger partial charge is 0.0551 e. The van der Waals surface area contributed by atoms with Crippen molar-refractivity contribution in [3.63, 3.8) is 0 Å². The second kappa shape index (κ2) is 6.19. The number of nitrogens with one attached hydrogen (secondary N) is 1. The fraction of sp³-hybridized carbons (Fsp3) is 0.294. The number of benzene rings is 2. The lowest BCUT2D eigenvalue weighted by Gasteiger charge is -2.23. The number of rotatable bonds is 3. The highest BCUT2D eigenvalue weighted by Gasteiger charge is 2.17. The minimum absolute atomic E-state index is 0.126. The molecule has 1 N–H and O–H groups in total. The highest BCUT2D eigenvalue weighted by atomic mass is 79.9. The lowest BCUT2D eigenvalue weighted by atomic mass is 9.86. The molecule has 0 fully saturated rings. The van der Waals surface area contributed by atoms with E-state index < -0.39 is 0 Å². The minimum Gasteiger partial charge on any atom is -0.381 e. The van der Waals surface area contributed by atoms with Crippen LogP contribution in [-0.4, -0.2) is 0 Å². The molecular formula is C17H19BrClN. The molecule has 1 nitrogen and oxygen atoms in total. The van der Waals surface area contributed by atoms with Crippen molar-refractivity contribution < 1.29 is 0 Å². The van der Waals surface area contributed by atoms with Gasteiger partial charge in [0.25, 0.3) is 0 Å². The Morgan fingerprint density at radius 2 is 1.80 bits per heavy atom. The lowest BCUT2D eigenvalue weighted by Crippen LogP contribution is -2.14. The van der Waals surface area contributed by atoms with E-state index in [0.717, 1.165) is 16.0 Å². The Morgan fingerprint density at radius 3 is 2.45 bits per heavy atom. The van der Waals surface area contributed by atoms with E-state index in [4.69, 9.17) is 11.6 Å². The number of para-hydroxylation sites is 1. The number of anilines is 1. The molecule has 3 heteroatoms. The third-order valence-corrected chi connectivity index (χ3v) is 4.43. The van der Waals surface area contributed by atoms with E-state index in [-0.39, 0.29) is 5.41 Å². The highest BCUT2D eigenvalue weighted by Crippen LogP contribution is 2.30. The third-order valence-electron chi connectivity index (χ3n) is 3.20. The minimum atomic E-state index is 0.126. The molecule has 0 unspecified atom stereocenters. The highest BCUT2D eigenvalue weighted by molar-refractivity contribution is 9.10. The zero-order valence-corrected chi connectivity index (χ0v) is 14.3. The Bertz CT molecular complexity index is 602. The van der Waals surface area contributed by atoms with E-state index in [9.17, 15) is 0 Å². The molecule has 106 valence electrons. The van der Waals surface area contributed by atoms with Crippen molar-refractivity contribution in [3.8, 4) is 0 Å². The molecule has 0 saturated heterocycles. The molecule has 2 aromatic rings. The van der Waals surface area contributed by atoms with Crippen molar-refractivity contribution in [1.82, 2.24) is 0 Å². The summed E-state index contributed by atoms with van der Waals surface area (Å²) in [5, 5.41) is 4.25. The Morgan fingerprint density at radius 1 is 1.10 bits per heavy atom. The first-order chi connectivity index (χ1) is 9.38. The molecule has 2 aromatic carbocycles. The van der Waals surface area contributed by atoms with Crippen molar-refractivity contribution in [2.45, 2.75) is 32.7 Å². The van der Waals surface area contributed by atoms with Crippen molar-refractivity contribution >= 4 is 33.2 Å². The van der Waals surface area contributed by atoms with E-state index >= 15 is 0 Å². The van der Waals surface area contributed by atoms with Crippen molar-refractivity contribution in [2.75, 3.05) is 5.32 Å². The molecule has 0 amide bonds. The summed E-state index contributed by atoms with van der Waals surface area (Å²) in [6, 6.07) is 14.5. The topological polar surface area (TPSA) is 12.0 Å². The van der Waals surface area contributed by atoms with Crippen LogP contribution in [0, 0.1) is 0 Å². The molecule has 0 radical (unpaired) electrons. The van der Waals surface area contributed by atoms with Crippen LogP contribution in [0.3, 0.4) is 0 Å². The van der Waals surface area contributed by atoms with Gasteiger partial charge in [-0.15, -0.1) is 0 Å². The van der Waals surface area contributed by atoms with E-state index in [0.29, 0.717) is 0 Å². The average Bonchev–Trinajstić information content (AvgIpc) is 2.39. The Balaban J connectivity index is 2.17. The van der Waals surface area contributed by atoms with Gasteiger partial charge in [0.15, 0.2) is 0 Å². The molecule has 0 aliphatic heterocycles. The predicted octanol–water partition coefficient (Wildman–Crippen LogP) is 6.01. The van der Waals surface area contributed by atoms with E-state index in [1.807, 2.05) is 12.1 Å². The van der Waals surface area contributed by atoms with Gasteiger partial charge in [-0.3, -0.25) is 0 Å². The molecular weight excluding hydrogens is 334 g/mol. The van der Waals surface area contributed by atoms with Gasteiger partial charge >= 0.3 is 0 Å². The summed E-state index contributed by atoms with van der Waals surface area (Å²) in [5.74, 6) is 0. The van der Waals surface area contributed by atoms with Crippen LogP contribution in [0.25, 0.3) is 0 Å². The van der Waals surface area contributed by atoms with Crippen LogP contribution < -0.4 is 5.32 Å². The summed E-state index contributed by atoms with van der Waals surface area (Å²) < 4.78 is 0.929. The molecule has 0 heterocycles.